The molecule has 0 N–H and O–H groups in total. The van der Waals surface area contributed by atoms with Crippen molar-refractivity contribution in [2.75, 3.05) is 4.90 Å². The predicted molar refractivity (Wildman–Crippen MR) is 263 cm³/mol. The molecule has 0 aliphatic heterocycles. The summed E-state index contributed by atoms with van der Waals surface area (Å²) in [5.74, 6) is 0. The third-order valence-corrected chi connectivity index (χ3v) is 12.3. The summed E-state index contributed by atoms with van der Waals surface area (Å²) in [5.41, 5.74) is 18.1. The Bertz CT molecular complexity index is 3430. The maximum atomic E-state index is 6.95. The largest absolute Gasteiger partial charge is 0.456 e. The number of anilines is 3. The topological polar surface area (TPSA) is 29.5 Å². The Hall–Kier alpha value is -8.40. The number of furan rings is 2. The smallest absolute Gasteiger partial charge is 0.159 e. The van der Waals surface area contributed by atoms with E-state index in [1.165, 1.54) is 38.9 Å². The molecule has 0 saturated heterocycles. The average Bonchev–Trinajstić information content (AvgIpc) is 3.92. The van der Waals surface area contributed by atoms with Gasteiger partial charge in [0.25, 0.3) is 0 Å². The lowest BCUT2D eigenvalue weighted by molar-refractivity contribution is 0.664. The highest BCUT2D eigenvalue weighted by Crippen LogP contribution is 2.45. The van der Waals surface area contributed by atoms with Gasteiger partial charge in [-0.1, -0.05) is 182 Å². The molecule has 0 bridgehead atoms. The molecule has 12 rings (SSSR count). The number of hydrogen-bond acceptors (Lipinski definition) is 3. The molecular weight excluding hydrogens is 767 g/mol. The Kier molecular flexibility index (Phi) is 8.83. The van der Waals surface area contributed by atoms with Crippen molar-refractivity contribution in [1.29, 1.82) is 0 Å². The molecule has 2 aromatic heterocycles. The summed E-state index contributed by atoms with van der Waals surface area (Å²) in [5, 5.41) is 4.16. The quantitative estimate of drug-likeness (QED) is 0.153. The van der Waals surface area contributed by atoms with E-state index in [2.05, 4.69) is 235 Å². The van der Waals surface area contributed by atoms with Crippen LogP contribution < -0.4 is 4.90 Å². The van der Waals surface area contributed by atoms with Crippen LogP contribution in [-0.4, -0.2) is 0 Å². The van der Waals surface area contributed by atoms with Crippen molar-refractivity contribution in [3.05, 3.63) is 237 Å². The van der Waals surface area contributed by atoms with Gasteiger partial charge >= 0.3 is 0 Å². The summed E-state index contributed by atoms with van der Waals surface area (Å²) < 4.78 is 13.4. The Morgan fingerprint density at radius 1 is 0.238 bits per heavy atom. The van der Waals surface area contributed by atoms with Crippen molar-refractivity contribution in [3.8, 4) is 55.6 Å². The molecule has 0 spiro atoms. The van der Waals surface area contributed by atoms with E-state index in [4.69, 9.17) is 8.83 Å². The fraction of sp³-hybridized carbons (Fsp3) is 0. The van der Waals surface area contributed by atoms with E-state index >= 15 is 0 Å². The number of para-hydroxylation sites is 1. The van der Waals surface area contributed by atoms with Crippen LogP contribution in [0.1, 0.15) is 0 Å². The monoisotopic (exact) mass is 805 g/mol. The van der Waals surface area contributed by atoms with Crippen LogP contribution in [-0.2, 0) is 0 Å². The van der Waals surface area contributed by atoms with E-state index in [1.54, 1.807) is 0 Å². The van der Waals surface area contributed by atoms with E-state index in [-0.39, 0.29) is 0 Å². The van der Waals surface area contributed by atoms with Gasteiger partial charge in [0.1, 0.15) is 16.7 Å². The van der Waals surface area contributed by atoms with E-state index in [9.17, 15) is 0 Å². The van der Waals surface area contributed by atoms with Gasteiger partial charge < -0.3 is 13.7 Å². The van der Waals surface area contributed by atoms with Crippen LogP contribution in [0.15, 0.2) is 245 Å². The lowest BCUT2D eigenvalue weighted by Gasteiger charge is -2.26. The normalized spacial score (nSPS) is 11.5. The van der Waals surface area contributed by atoms with Crippen LogP contribution in [0.4, 0.5) is 17.1 Å². The Labute approximate surface area is 365 Å². The third kappa shape index (κ3) is 6.64. The summed E-state index contributed by atoms with van der Waals surface area (Å²) >= 11 is 0. The van der Waals surface area contributed by atoms with Crippen LogP contribution in [0.3, 0.4) is 0 Å². The molecular formula is C60H39NO2. The maximum absolute atomic E-state index is 6.95. The molecule has 0 fully saturated rings. The molecule has 12 aromatic rings. The van der Waals surface area contributed by atoms with Crippen LogP contribution in [0.2, 0.25) is 0 Å². The average molecular weight is 806 g/mol. The van der Waals surface area contributed by atoms with Crippen molar-refractivity contribution < 1.29 is 8.83 Å². The molecule has 0 unspecified atom stereocenters. The number of benzene rings is 10. The van der Waals surface area contributed by atoms with Gasteiger partial charge in [0.2, 0.25) is 0 Å². The van der Waals surface area contributed by atoms with Crippen molar-refractivity contribution in [1.82, 2.24) is 0 Å². The second-order valence-electron chi connectivity index (χ2n) is 16.1. The Balaban J connectivity index is 0.952. The van der Waals surface area contributed by atoms with Crippen LogP contribution in [0.25, 0.3) is 99.5 Å². The number of fused-ring (bicyclic) bond motifs is 6. The molecule has 296 valence electrons. The summed E-state index contributed by atoms with van der Waals surface area (Å²) in [4.78, 5) is 2.31. The highest BCUT2D eigenvalue weighted by atomic mass is 16.3. The summed E-state index contributed by atoms with van der Waals surface area (Å²) in [7, 11) is 0. The molecule has 0 radical (unpaired) electrons. The minimum Gasteiger partial charge on any atom is -0.456 e. The predicted octanol–water partition coefficient (Wildman–Crippen LogP) is 17.3. The molecule has 3 nitrogen and oxygen atoms in total. The van der Waals surface area contributed by atoms with Crippen LogP contribution >= 0.6 is 0 Å². The first kappa shape index (κ1) is 36.5. The molecule has 0 atom stereocenters. The SMILES string of the molecule is c1ccc(-c2ccc(-c3ccc(N(c4ccc(-c5ccc(-c6ccccc6)cc5)cc4)c4cccc5c4oc4cc6c(cc45)oc4ccc(-c5ccccc5)cc46)cc3)cc2)cc1. The lowest BCUT2D eigenvalue weighted by atomic mass is 9.99. The van der Waals surface area contributed by atoms with Crippen molar-refractivity contribution >= 4 is 60.9 Å². The van der Waals surface area contributed by atoms with Crippen LogP contribution in [0, 0.1) is 0 Å². The molecule has 0 amide bonds. The first-order chi connectivity index (χ1) is 31.2. The highest BCUT2D eigenvalue weighted by molar-refractivity contribution is 6.17. The zero-order valence-electron chi connectivity index (χ0n) is 34.3. The summed E-state index contributed by atoms with van der Waals surface area (Å²) in [6.45, 7) is 0. The van der Waals surface area contributed by atoms with Gasteiger partial charge in [-0.05, 0) is 110 Å². The van der Waals surface area contributed by atoms with Crippen molar-refractivity contribution in [3.63, 3.8) is 0 Å². The van der Waals surface area contributed by atoms with E-state index in [1.807, 2.05) is 6.07 Å². The first-order valence-corrected chi connectivity index (χ1v) is 21.4. The molecule has 10 aromatic carbocycles. The molecule has 0 aliphatic rings. The fourth-order valence-corrected chi connectivity index (χ4v) is 9.04. The molecule has 2 heterocycles. The highest BCUT2D eigenvalue weighted by Gasteiger charge is 2.21. The molecule has 63 heavy (non-hydrogen) atoms. The van der Waals surface area contributed by atoms with Crippen molar-refractivity contribution in [2.45, 2.75) is 0 Å². The van der Waals surface area contributed by atoms with E-state index < -0.39 is 0 Å². The standard InChI is InChI=1S/C60H39NO2/c1-4-11-40(12-5-1)43-19-23-45(24-20-43)47-27-32-50(33-28-47)61(51-34-29-48(30-35-51)46-25-21-44(22-26-46)41-13-6-2-7-14-41)56-18-10-17-52-54-38-58-55(39-59(54)63-60(52)56)53-37-49(31-36-57(53)62-58)42-15-8-3-9-16-42/h1-39H. The van der Waals surface area contributed by atoms with Crippen LogP contribution in [0.5, 0.6) is 0 Å². The second-order valence-corrected chi connectivity index (χ2v) is 16.1. The molecule has 0 aliphatic carbocycles. The Morgan fingerprint density at radius 3 is 1.08 bits per heavy atom. The molecule has 0 saturated carbocycles. The third-order valence-electron chi connectivity index (χ3n) is 12.3. The number of nitrogens with zero attached hydrogens (tertiary/aromatic N) is 1. The zero-order chi connectivity index (χ0) is 41.7. The van der Waals surface area contributed by atoms with Gasteiger partial charge in [-0.3, -0.25) is 0 Å². The zero-order valence-corrected chi connectivity index (χ0v) is 34.3. The van der Waals surface area contributed by atoms with Gasteiger partial charge in [-0.15, -0.1) is 0 Å². The maximum Gasteiger partial charge on any atom is 0.159 e. The number of hydrogen-bond donors (Lipinski definition) is 0. The summed E-state index contributed by atoms with van der Waals surface area (Å²) in [6.07, 6.45) is 0. The van der Waals surface area contributed by atoms with Gasteiger partial charge in [0.15, 0.2) is 5.58 Å². The van der Waals surface area contributed by atoms with Gasteiger partial charge in [-0.25, -0.2) is 0 Å². The molecule has 3 heteroatoms. The van der Waals surface area contributed by atoms with E-state index in [0.29, 0.717) is 0 Å². The Morgan fingerprint density at radius 2 is 0.603 bits per heavy atom. The second kappa shape index (κ2) is 15.3. The minimum absolute atomic E-state index is 0.815. The summed E-state index contributed by atoms with van der Waals surface area (Å²) in [6, 6.07) is 84.0. The van der Waals surface area contributed by atoms with Gasteiger partial charge in [0.05, 0.1) is 5.69 Å². The first-order valence-electron chi connectivity index (χ1n) is 21.4. The lowest BCUT2D eigenvalue weighted by Crippen LogP contribution is -2.10. The van der Waals surface area contributed by atoms with Crippen molar-refractivity contribution in [2.24, 2.45) is 0 Å². The van der Waals surface area contributed by atoms with E-state index in [0.717, 1.165) is 77.6 Å². The van der Waals surface area contributed by atoms with Gasteiger partial charge in [-0.2, -0.15) is 0 Å². The number of rotatable bonds is 8. The van der Waals surface area contributed by atoms with Gasteiger partial charge in [0, 0.05) is 32.9 Å². The minimum atomic E-state index is 0.815. The fourth-order valence-electron chi connectivity index (χ4n) is 9.04.